The number of ketones is 2. The molecule has 0 aromatic heterocycles. The Kier molecular flexibility index (Phi) is 3.88. The van der Waals surface area contributed by atoms with Crippen molar-refractivity contribution in [3.8, 4) is 0 Å². The first-order valence-corrected chi connectivity index (χ1v) is 5.85. The molecule has 0 saturated carbocycles. The molecule has 0 aliphatic rings. The zero-order valence-corrected chi connectivity index (χ0v) is 10.2. The van der Waals surface area contributed by atoms with Gasteiger partial charge in [0.15, 0.2) is 0 Å². The molecule has 2 rings (SSSR count). The van der Waals surface area contributed by atoms with Crippen LogP contribution in [0.5, 0.6) is 0 Å². The average molecular weight is 251 g/mol. The smallest absolute Gasteiger partial charge is 0.235 e. The molecule has 0 amide bonds. The third-order valence-corrected chi connectivity index (χ3v) is 2.74. The monoisotopic (exact) mass is 251 g/mol. The molecular formula is C16H13NO2. The van der Waals surface area contributed by atoms with Crippen LogP contribution >= 0.6 is 0 Å². The van der Waals surface area contributed by atoms with Crippen molar-refractivity contribution in [2.75, 3.05) is 0 Å². The molecule has 19 heavy (non-hydrogen) atoms. The lowest BCUT2D eigenvalue weighted by Gasteiger charge is -2.05. The lowest BCUT2D eigenvalue weighted by Crippen LogP contribution is -2.16. The highest BCUT2D eigenvalue weighted by Gasteiger charge is 2.21. The summed E-state index contributed by atoms with van der Waals surface area (Å²) in [5, 5.41) is 0. The summed E-state index contributed by atoms with van der Waals surface area (Å²) in [6.07, 6.45) is 1.18. The number of nitrogens with two attached hydrogens (primary N) is 1. The quantitative estimate of drug-likeness (QED) is 0.516. The zero-order chi connectivity index (χ0) is 13.7. The summed E-state index contributed by atoms with van der Waals surface area (Å²) < 4.78 is 0. The van der Waals surface area contributed by atoms with Gasteiger partial charge in [0.05, 0.1) is 0 Å². The van der Waals surface area contributed by atoms with Crippen LogP contribution in [-0.4, -0.2) is 11.6 Å². The van der Waals surface area contributed by atoms with Crippen LogP contribution in [0, 0.1) is 0 Å². The molecule has 2 aromatic rings. The second kappa shape index (κ2) is 5.78. The number of hydrogen-bond donors (Lipinski definition) is 1. The average Bonchev–Trinajstić information content (AvgIpc) is 2.49. The van der Waals surface area contributed by atoms with E-state index < -0.39 is 11.6 Å². The largest absolute Gasteiger partial charge is 0.404 e. The first-order valence-electron chi connectivity index (χ1n) is 5.85. The second-order valence-electron chi connectivity index (χ2n) is 3.97. The van der Waals surface area contributed by atoms with Gasteiger partial charge in [-0.2, -0.15) is 0 Å². The molecule has 0 bridgehead atoms. The van der Waals surface area contributed by atoms with Crippen molar-refractivity contribution in [2.45, 2.75) is 0 Å². The summed E-state index contributed by atoms with van der Waals surface area (Å²) in [5.41, 5.74) is 6.71. The molecule has 0 atom stereocenters. The molecule has 0 aliphatic carbocycles. The van der Waals surface area contributed by atoms with Crippen molar-refractivity contribution in [1.82, 2.24) is 0 Å². The highest BCUT2D eigenvalue weighted by Crippen LogP contribution is 2.16. The lowest BCUT2D eigenvalue weighted by molar-refractivity contribution is -0.110. The number of carbonyl (C=O) groups is 2. The highest BCUT2D eigenvalue weighted by molar-refractivity contribution is 6.58. The van der Waals surface area contributed by atoms with E-state index in [-0.39, 0.29) is 5.57 Å². The van der Waals surface area contributed by atoms with Crippen LogP contribution in [0.2, 0.25) is 0 Å². The van der Waals surface area contributed by atoms with Gasteiger partial charge in [-0.15, -0.1) is 0 Å². The number of benzene rings is 2. The van der Waals surface area contributed by atoms with E-state index in [2.05, 4.69) is 0 Å². The predicted molar refractivity (Wildman–Crippen MR) is 74.4 cm³/mol. The summed E-state index contributed by atoms with van der Waals surface area (Å²) in [5.74, 6) is -1.15. The molecule has 0 spiro atoms. The Morgan fingerprint density at radius 1 is 0.789 bits per heavy atom. The van der Waals surface area contributed by atoms with Gasteiger partial charge in [-0.05, 0) is 5.56 Å². The normalized spacial score (nSPS) is 11.1. The topological polar surface area (TPSA) is 60.2 Å². The third-order valence-electron chi connectivity index (χ3n) is 2.74. The van der Waals surface area contributed by atoms with E-state index in [1.54, 1.807) is 54.6 Å². The van der Waals surface area contributed by atoms with E-state index >= 15 is 0 Å². The third kappa shape index (κ3) is 2.77. The van der Waals surface area contributed by atoms with Gasteiger partial charge in [-0.25, -0.2) is 0 Å². The number of carbonyl (C=O) groups excluding carboxylic acids is 2. The van der Waals surface area contributed by atoms with Gasteiger partial charge in [0, 0.05) is 17.3 Å². The van der Waals surface area contributed by atoms with Crippen molar-refractivity contribution >= 4 is 17.1 Å². The van der Waals surface area contributed by atoms with Gasteiger partial charge >= 0.3 is 0 Å². The van der Waals surface area contributed by atoms with Gasteiger partial charge in [0.2, 0.25) is 11.6 Å². The molecule has 2 aromatic carbocycles. The molecule has 0 aliphatic heterocycles. The van der Waals surface area contributed by atoms with E-state index in [9.17, 15) is 9.59 Å². The fourth-order valence-electron chi connectivity index (χ4n) is 1.76. The first kappa shape index (κ1) is 12.8. The fourth-order valence-corrected chi connectivity index (χ4v) is 1.76. The maximum absolute atomic E-state index is 12.2. The van der Waals surface area contributed by atoms with Crippen LogP contribution < -0.4 is 5.73 Å². The first-order chi connectivity index (χ1) is 9.24. The van der Waals surface area contributed by atoms with Gasteiger partial charge < -0.3 is 5.73 Å². The minimum absolute atomic E-state index is 0.217. The predicted octanol–water partition coefficient (Wildman–Crippen LogP) is 2.44. The summed E-state index contributed by atoms with van der Waals surface area (Å²) in [4.78, 5) is 24.2. The van der Waals surface area contributed by atoms with E-state index in [1.807, 2.05) is 6.07 Å². The van der Waals surface area contributed by atoms with Crippen molar-refractivity contribution in [2.24, 2.45) is 5.73 Å². The van der Waals surface area contributed by atoms with Crippen LogP contribution in [0.4, 0.5) is 0 Å². The van der Waals surface area contributed by atoms with Crippen molar-refractivity contribution in [1.29, 1.82) is 0 Å². The lowest BCUT2D eigenvalue weighted by atomic mass is 9.97. The molecule has 0 saturated heterocycles. The molecule has 0 heterocycles. The molecule has 0 fully saturated rings. The van der Waals surface area contributed by atoms with E-state index in [0.29, 0.717) is 11.1 Å². The molecule has 0 radical (unpaired) electrons. The molecular weight excluding hydrogens is 238 g/mol. The van der Waals surface area contributed by atoms with Crippen molar-refractivity contribution in [3.05, 3.63) is 78.0 Å². The van der Waals surface area contributed by atoms with Crippen LogP contribution in [0.1, 0.15) is 15.9 Å². The number of rotatable bonds is 4. The molecule has 94 valence electrons. The van der Waals surface area contributed by atoms with E-state index in [1.165, 1.54) is 6.20 Å². The Morgan fingerprint density at radius 2 is 1.26 bits per heavy atom. The SMILES string of the molecule is NC=C(C(=O)C(=O)c1ccccc1)c1ccccc1. The summed E-state index contributed by atoms with van der Waals surface area (Å²) in [6.45, 7) is 0. The Labute approximate surface area is 111 Å². The number of allylic oxidation sites excluding steroid dienone is 1. The Morgan fingerprint density at radius 3 is 1.74 bits per heavy atom. The fraction of sp³-hybridized carbons (Fsp3) is 0. The van der Waals surface area contributed by atoms with Crippen molar-refractivity contribution < 1.29 is 9.59 Å². The van der Waals surface area contributed by atoms with Crippen LogP contribution in [0.3, 0.4) is 0 Å². The van der Waals surface area contributed by atoms with Gasteiger partial charge in [-0.1, -0.05) is 60.7 Å². The summed E-state index contributed by atoms with van der Waals surface area (Å²) >= 11 is 0. The van der Waals surface area contributed by atoms with Gasteiger partial charge in [0.1, 0.15) is 0 Å². The summed E-state index contributed by atoms with van der Waals surface area (Å²) in [6, 6.07) is 17.4. The molecule has 3 nitrogen and oxygen atoms in total. The maximum atomic E-state index is 12.2. The van der Waals surface area contributed by atoms with Crippen LogP contribution in [-0.2, 0) is 4.79 Å². The Bertz CT molecular complexity index is 616. The summed E-state index contributed by atoms with van der Waals surface area (Å²) in [7, 11) is 0. The highest BCUT2D eigenvalue weighted by atomic mass is 16.2. The van der Waals surface area contributed by atoms with Crippen molar-refractivity contribution in [3.63, 3.8) is 0 Å². The second-order valence-corrected chi connectivity index (χ2v) is 3.97. The van der Waals surface area contributed by atoms with Crippen LogP contribution in [0.15, 0.2) is 66.9 Å². The van der Waals surface area contributed by atoms with Gasteiger partial charge in [0.25, 0.3) is 0 Å². The zero-order valence-electron chi connectivity index (χ0n) is 10.2. The number of hydrogen-bond acceptors (Lipinski definition) is 3. The molecule has 3 heteroatoms. The van der Waals surface area contributed by atoms with E-state index in [4.69, 9.17) is 5.73 Å². The molecule has 2 N–H and O–H groups in total. The maximum Gasteiger partial charge on any atom is 0.235 e. The Balaban J connectivity index is 2.31. The van der Waals surface area contributed by atoms with E-state index in [0.717, 1.165) is 0 Å². The number of Topliss-reactive ketones (excluding diaryl/α,β-unsaturated/α-hetero) is 2. The van der Waals surface area contributed by atoms with Crippen LogP contribution in [0.25, 0.3) is 5.57 Å². The minimum atomic E-state index is -0.597. The standard InChI is InChI=1S/C16H13NO2/c17-11-14(12-7-3-1-4-8-12)16(19)15(18)13-9-5-2-6-10-13/h1-11H,17H2. The minimum Gasteiger partial charge on any atom is -0.404 e. The molecule has 0 unspecified atom stereocenters. The van der Waals surface area contributed by atoms with Gasteiger partial charge in [-0.3, -0.25) is 9.59 Å². The Hall–Kier alpha value is -2.68.